The fourth-order valence-corrected chi connectivity index (χ4v) is 1.25. The Balaban J connectivity index is 3.14. The van der Waals surface area contributed by atoms with Gasteiger partial charge in [-0.05, 0) is 19.8 Å². The second kappa shape index (κ2) is 7.59. The predicted octanol–water partition coefficient (Wildman–Crippen LogP) is 2.89. The molecule has 0 aliphatic carbocycles. The summed E-state index contributed by atoms with van der Waals surface area (Å²) in [4.78, 5) is 11.4. The third kappa shape index (κ3) is 8.05. The quantitative estimate of drug-likeness (QED) is 0.403. The van der Waals surface area contributed by atoms with Crippen molar-refractivity contribution < 1.29 is 9.53 Å². The summed E-state index contributed by atoms with van der Waals surface area (Å²) < 4.78 is 4.80. The minimum Gasteiger partial charge on any atom is -0.466 e. The number of carbonyl (C=O) groups excluding carboxylic acids is 1. The minimum atomic E-state index is -0.0697. The van der Waals surface area contributed by atoms with Crippen LogP contribution in [0.4, 0.5) is 0 Å². The van der Waals surface area contributed by atoms with Gasteiger partial charge in [-0.2, -0.15) is 0 Å². The Labute approximate surface area is 82.8 Å². The zero-order valence-electron chi connectivity index (χ0n) is 7.81. The SMILES string of the molecule is CCOC(=O)CCCC[C@@H](C)Br. The number of rotatable bonds is 6. The predicted molar refractivity (Wildman–Crippen MR) is 53.5 cm³/mol. The smallest absolute Gasteiger partial charge is 0.305 e. The van der Waals surface area contributed by atoms with Gasteiger partial charge in [-0.1, -0.05) is 29.3 Å². The Hall–Kier alpha value is -0.0500. The number of ether oxygens (including phenoxy) is 1. The molecule has 0 spiro atoms. The fourth-order valence-electron chi connectivity index (χ4n) is 0.928. The maximum atomic E-state index is 10.9. The van der Waals surface area contributed by atoms with Gasteiger partial charge in [0.2, 0.25) is 0 Å². The lowest BCUT2D eigenvalue weighted by Gasteiger charge is -2.02. The molecule has 0 fully saturated rings. The molecular weight excluding hydrogens is 220 g/mol. The van der Waals surface area contributed by atoms with Gasteiger partial charge in [-0.15, -0.1) is 0 Å². The normalized spacial score (nSPS) is 12.6. The molecule has 0 aromatic carbocycles. The Kier molecular flexibility index (Phi) is 7.56. The van der Waals surface area contributed by atoms with Crippen LogP contribution in [-0.4, -0.2) is 17.4 Å². The average molecular weight is 237 g/mol. The molecule has 0 aromatic rings. The van der Waals surface area contributed by atoms with E-state index >= 15 is 0 Å². The van der Waals surface area contributed by atoms with Gasteiger partial charge < -0.3 is 4.74 Å². The van der Waals surface area contributed by atoms with Crippen molar-refractivity contribution in [2.75, 3.05) is 6.61 Å². The molecule has 2 nitrogen and oxygen atoms in total. The van der Waals surface area contributed by atoms with Gasteiger partial charge in [0.05, 0.1) is 6.61 Å². The molecule has 0 aliphatic heterocycles. The number of alkyl halides is 1. The van der Waals surface area contributed by atoms with E-state index in [2.05, 4.69) is 22.9 Å². The van der Waals surface area contributed by atoms with E-state index in [1.54, 1.807) is 0 Å². The second-order valence-corrected chi connectivity index (χ2v) is 4.39. The number of carbonyl (C=O) groups is 1. The molecule has 12 heavy (non-hydrogen) atoms. The second-order valence-electron chi connectivity index (χ2n) is 2.83. The van der Waals surface area contributed by atoms with Gasteiger partial charge in [0, 0.05) is 11.2 Å². The Morgan fingerprint density at radius 2 is 2.17 bits per heavy atom. The summed E-state index contributed by atoms with van der Waals surface area (Å²) in [7, 11) is 0. The highest BCUT2D eigenvalue weighted by atomic mass is 79.9. The first-order valence-electron chi connectivity index (χ1n) is 4.46. The first-order valence-corrected chi connectivity index (χ1v) is 5.38. The topological polar surface area (TPSA) is 26.3 Å². The molecule has 0 saturated heterocycles. The largest absolute Gasteiger partial charge is 0.466 e. The fraction of sp³-hybridized carbons (Fsp3) is 0.889. The van der Waals surface area contributed by atoms with Gasteiger partial charge in [0.1, 0.15) is 0 Å². The van der Waals surface area contributed by atoms with E-state index in [1.807, 2.05) is 6.92 Å². The van der Waals surface area contributed by atoms with Crippen LogP contribution in [0.15, 0.2) is 0 Å². The van der Waals surface area contributed by atoms with Crippen LogP contribution in [0.2, 0.25) is 0 Å². The molecule has 1 atom stereocenters. The molecule has 0 N–H and O–H groups in total. The summed E-state index contributed by atoms with van der Waals surface area (Å²) in [5.74, 6) is -0.0697. The summed E-state index contributed by atoms with van der Waals surface area (Å²) in [6.07, 6.45) is 3.72. The Morgan fingerprint density at radius 1 is 1.50 bits per heavy atom. The van der Waals surface area contributed by atoms with Crippen molar-refractivity contribution in [2.24, 2.45) is 0 Å². The maximum Gasteiger partial charge on any atom is 0.305 e. The lowest BCUT2D eigenvalue weighted by molar-refractivity contribution is -0.143. The van der Waals surface area contributed by atoms with Crippen LogP contribution >= 0.6 is 15.9 Å². The van der Waals surface area contributed by atoms with Crippen molar-refractivity contribution in [3.63, 3.8) is 0 Å². The molecule has 0 aromatic heterocycles. The van der Waals surface area contributed by atoms with Gasteiger partial charge in [-0.25, -0.2) is 0 Å². The summed E-state index contributed by atoms with van der Waals surface area (Å²) in [6, 6.07) is 0. The van der Waals surface area contributed by atoms with Crippen molar-refractivity contribution in [2.45, 2.75) is 44.4 Å². The number of unbranched alkanes of at least 4 members (excludes halogenated alkanes) is 1. The monoisotopic (exact) mass is 236 g/mol. The van der Waals surface area contributed by atoms with E-state index in [1.165, 1.54) is 0 Å². The first-order chi connectivity index (χ1) is 5.66. The van der Waals surface area contributed by atoms with E-state index in [4.69, 9.17) is 4.74 Å². The molecule has 0 bridgehead atoms. The third-order valence-corrected chi connectivity index (χ3v) is 2.00. The molecule has 0 radical (unpaired) electrons. The van der Waals surface area contributed by atoms with Crippen LogP contribution < -0.4 is 0 Å². The van der Waals surface area contributed by atoms with Gasteiger partial charge in [-0.3, -0.25) is 4.79 Å². The molecule has 0 amide bonds. The van der Waals surface area contributed by atoms with Crippen LogP contribution in [0.25, 0.3) is 0 Å². The van der Waals surface area contributed by atoms with Crippen LogP contribution in [0, 0.1) is 0 Å². The zero-order valence-corrected chi connectivity index (χ0v) is 9.39. The number of hydrogen-bond donors (Lipinski definition) is 0. The number of esters is 1. The van der Waals surface area contributed by atoms with Crippen molar-refractivity contribution in [3.05, 3.63) is 0 Å². The van der Waals surface area contributed by atoms with Crippen LogP contribution in [0.5, 0.6) is 0 Å². The van der Waals surface area contributed by atoms with Crippen molar-refractivity contribution in [1.29, 1.82) is 0 Å². The Bertz CT molecular complexity index is 124. The molecule has 72 valence electrons. The molecule has 0 unspecified atom stereocenters. The zero-order chi connectivity index (χ0) is 9.40. The van der Waals surface area contributed by atoms with Crippen LogP contribution in [0.1, 0.15) is 39.5 Å². The molecule has 3 heteroatoms. The van der Waals surface area contributed by atoms with E-state index in [0.717, 1.165) is 19.3 Å². The van der Waals surface area contributed by atoms with Gasteiger partial charge in [0.15, 0.2) is 0 Å². The molecule has 0 heterocycles. The summed E-state index contributed by atoms with van der Waals surface area (Å²) in [5, 5.41) is 0. The average Bonchev–Trinajstić information content (AvgIpc) is 1.98. The highest BCUT2D eigenvalue weighted by Gasteiger charge is 2.01. The van der Waals surface area contributed by atoms with Gasteiger partial charge in [0.25, 0.3) is 0 Å². The minimum absolute atomic E-state index is 0.0697. The highest BCUT2D eigenvalue weighted by molar-refractivity contribution is 9.09. The summed E-state index contributed by atoms with van der Waals surface area (Å²) in [5.41, 5.74) is 0. The number of halogens is 1. The van der Waals surface area contributed by atoms with Crippen LogP contribution in [-0.2, 0) is 9.53 Å². The van der Waals surface area contributed by atoms with E-state index in [9.17, 15) is 4.79 Å². The standard InChI is InChI=1S/C9H17BrO2/c1-3-12-9(11)7-5-4-6-8(2)10/h8H,3-7H2,1-2H3/t8-/m1/s1. The number of hydrogen-bond acceptors (Lipinski definition) is 2. The van der Waals surface area contributed by atoms with E-state index in [-0.39, 0.29) is 5.97 Å². The van der Waals surface area contributed by atoms with Crippen molar-refractivity contribution in [3.8, 4) is 0 Å². The van der Waals surface area contributed by atoms with Crippen molar-refractivity contribution in [1.82, 2.24) is 0 Å². The molecule has 0 rings (SSSR count). The summed E-state index contributed by atoms with van der Waals surface area (Å²) in [6.45, 7) is 4.44. The summed E-state index contributed by atoms with van der Waals surface area (Å²) >= 11 is 3.46. The Morgan fingerprint density at radius 3 is 2.67 bits per heavy atom. The molecule has 0 aliphatic rings. The van der Waals surface area contributed by atoms with E-state index < -0.39 is 0 Å². The van der Waals surface area contributed by atoms with Crippen LogP contribution in [0.3, 0.4) is 0 Å². The molecular formula is C9H17BrO2. The maximum absolute atomic E-state index is 10.9. The van der Waals surface area contributed by atoms with Gasteiger partial charge >= 0.3 is 5.97 Å². The third-order valence-electron chi connectivity index (χ3n) is 1.54. The van der Waals surface area contributed by atoms with E-state index in [0.29, 0.717) is 17.9 Å². The lowest BCUT2D eigenvalue weighted by atomic mass is 10.1. The molecule has 0 saturated carbocycles. The highest BCUT2D eigenvalue weighted by Crippen LogP contribution is 2.09. The lowest BCUT2D eigenvalue weighted by Crippen LogP contribution is -2.03. The first kappa shape index (κ1) is 11.9. The van der Waals surface area contributed by atoms with Crippen molar-refractivity contribution >= 4 is 21.9 Å².